The van der Waals surface area contributed by atoms with Crippen molar-refractivity contribution < 1.29 is 14.7 Å². The molecular formula is C28H32ClN5O4. The molecule has 2 fully saturated rings. The molecular weight excluding hydrogens is 506 g/mol. The third kappa shape index (κ3) is 5.15. The highest BCUT2D eigenvalue weighted by molar-refractivity contribution is 5.98. The molecule has 0 aliphatic heterocycles. The zero-order chi connectivity index (χ0) is 26.3. The number of hydrogen-bond acceptors (Lipinski definition) is 5. The van der Waals surface area contributed by atoms with Crippen LogP contribution in [0.15, 0.2) is 47.3 Å². The highest BCUT2D eigenvalue weighted by atomic mass is 35.5. The van der Waals surface area contributed by atoms with Crippen LogP contribution >= 0.6 is 12.4 Å². The smallest absolute Gasteiger partial charge is 0.316 e. The molecule has 2 aliphatic rings. The molecule has 1 atom stereocenters. The Bertz CT molecular complexity index is 1460. The van der Waals surface area contributed by atoms with Gasteiger partial charge < -0.3 is 20.7 Å². The average Bonchev–Trinajstić information content (AvgIpc) is 3.45. The third-order valence-electron chi connectivity index (χ3n) is 7.87. The summed E-state index contributed by atoms with van der Waals surface area (Å²) < 4.78 is 1.57. The molecule has 200 valence electrons. The minimum atomic E-state index is -1.06. The quantitative estimate of drug-likeness (QED) is 0.197. The third-order valence-corrected chi connectivity index (χ3v) is 7.87. The van der Waals surface area contributed by atoms with Crippen molar-refractivity contribution >= 4 is 41.2 Å². The van der Waals surface area contributed by atoms with Gasteiger partial charge in [-0.25, -0.2) is 4.98 Å². The molecule has 0 saturated heterocycles. The van der Waals surface area contributed by atoms with Gasteiger partial charge in [0, 0.05) is 19.0 Å². The van der Waals surface area contributed by atoms with E-state index in [1.807, 2.05) is 30.3 Å². The minimum absolute atomic E-state index is 0. The van der Waals surface area contributed by atoms with Crippen LogP contribution in [0.4, 0.5) is 0 Å². The molecule has 3 aromatic rings. The number of hydrogen-bond donors (Lipinski definition) is 4. The Morgan fingerprint density at radius 3 is 2.42 bits per heavy atom. The molecule has 1 unspecified atom stereocenters. The number of aryl methyl sites for hydroxylation is 1. The first-order chi connectivity index (χ1) is 17.7. The standard InChI is InChI=1S/C28H31N5O4.ClH/c1-33-22-11-10-19(28(12-13-28)32-25(34)23(27(36)37)17-4-2-3-5-17)15-20(22)31-21(26(33)35)14-16-6-8-18(9-7-16)24(29)30;/h6-11,15,17,23H,2-5,12-14H2,1H3,(H3,29,30)(H,32,34)(H,36,37);1H. The highest BCUT2D eigenvalue weighted by Gasteiger charge is 2.48. The van der Waals surface area contributed by atoms with Crippen LogP contribution < -0.4 is 16.6 Å². The second-order valence-corrected chi connectivity index (χ2v) is 10.3. The van der Waals surface area contributed by atoms with Crippen molar-refractivity contribution in [1.29, 1.82) is 5.41 Å². The normalized spacial score (nSPS) is 17.0. The monoisotopic (exact) mass is 537 g/mol. The van der Waals surface area contributed by atoms with Crippen LogP contribution in [-0.4, -0.2) is 32.4 Å². The molecule has 1 amide bonds. The van der Waals surface area contributed by atoms with Crippen molar-refractivity contribution in [2.75, 3.05) is 0 Å². The number of rotatable bonds is 8. The van der Waals surface area contributed by atoms with Crippen LogP contribution in [-0.2, 0) is 28.6 Å². The van der Waals surface area contributed by atoms with Crippen LogP contribution in [0.1, 0.15) is 60.9 Å². The highest BCUT2D eigenvalue weighted by Crippen LogP contribution is 2.46. The molecule has 5 N–H and O–H groups in total. The van der Waals surface area contributed by atoms with Crippen molar-refractivity contribution in [3.8, 4) is 0 Å². The summed E-state index contributed by atoms with van der Waals surface area (Å²) >= 11 is 0. The molecule has 0 spiro atoms. The van der Waals surface area contributed by atoms with Crippen molar-refractivity contribution in [3.63, 3.8) is 0 Å². The Morgan fingerprint density at radius 1 is 1.18 bits per heavy atom. The number of benzene rings is 2. The maximum atomic E-state index is 13.1. The SMILES string of the molecule is Cl.Cn1c(=O)c(Cc2ccc(C(=N)N)cc2)nc2cc(C3(NC(=O)C(C(=O)O)C4CCCC4)CC3)ccc21. The molecule has 0 bridgehead atoms. The molecule has 1 heterocycles. The van der Waals surface area contributed by atoms with Crippen LogP contribution in [0, 0.1) is 17.2 Å². The number of nitrogens with one attached hydrogen (secondary N) is 2. The number of nitrogens with zero attached hydrogens (tertiary/aromatic N) is 2. The minimum Gasteiger partial charge on any atom is -0.481 e. The Hall–Kier alpha value is -3.72. The van der Waals surface area contributed by atoms with Crippen molar-refractivity contribution in [2.45, 2.75) is 50.5 Å². The van der Waals surface area contributed by atoms with Gasteiger partial charge in [-0.05, 0) is 54.9 Å². The van der Waals surface area contributed by atoms with Crippen LogP contribution in [0.5, 0.6) is 0 Å². The second-order valence-electron chi connectivity index (χ2n) is 10.3. The van der Waals surface area contributed by atoms with Crippen LogP contribution in [0.3, 0.4) is 0 Å². The largest absolute Gasteiger partial charge is 0.481 e. The van der Waals surface area contributed by atoms with Gasteiger partial charge in [0.15, 0.2) is 0 Å². The Balaban J connectivity index is 0.00000336. The van der Waals surface area contributed by atoms with E-state index in [1.165, 1.54) is 0 Å². The summed E-state index contributed by atoms with van der Waals surface area (Å²) in [4.78, 5) is 42.7. The lowest BCUT2D eigenvalue weighted by molar-refractivity contribution is -0.149. The van der Waals surface area contributed by atoms with Crippen molar-refractivity contribution in [1.82, 2.24) is 14.9 Å². The zero-order valence-electron chi connectivity index (χ0n) is 21.2. The summed E-state index contributed by atoms with van der Waals surface area (Å²) in [6, 6.07) is 12.8. The lowest BCUT2D eigenvalue weighted by atomic mass is 9.89. The summed E-state index contributed by atoms with van der Waals surface area (Å²) in [6.45, 7) is 0. The van der Waals surface area contributed by atoms with Gasteiger partial charge in [0.2, 0.25) is 5.91 Å². The number of amides is 1. The van der Waals surface area contributed by atoms with E-state index in [0.29, 0.717) is 28.7 Å². The van der Waals surface area contributed by atoms with Gasteiger partial charge in [0.25, 0.3) is 5.56 Å². The zero-order valence-corrected chi connectivity index (χ0v) is 22.0. The number of carbonyl (C=O) groups excluding carboxylic acids is 1. The first-order valence-electron chi connectivity index (χ1n) is 12.7. The van der Waals surface area contributed by atoms with Crippen LogP contribution in [0.2, 0.25) is 0 Å². The number of halogens is 1. The van der Waals surface area contributed by atoms with E-state index in [-0.39, 0.29) is 29.7 Å². The number of fused-ring (bicyclic) bond motifs is 1. The van der Waals surface area contributed by atoms with Gasteiger partial charge in [-0.1, -0.05) is 43.2 Å². The first kappa shape index (κ1) is 27.3. The predicted octanol–water partition coefficient (Wildman–Crippen LogP) is 3.23. The molecule has 2 aliphatic carbocycles. The summed E-state index contributed by atoms with van der Waals surface area (Å²) in [5.41, 5.74) is 8.82. The number of carbonyl (C=O) groups is 2. The Kier molecular flexibility index (Phi) is 7.60. The number of amidine groups is 1. The lowest BCUT2D eigenvalue weighted by Crippen LogP contribution is -2.44. The van der Waals surface area contributed by atoms with E-state index in [1.54, 1.807) is 23.7 Å². The van der Waals surface area contributed by atoms with Gasteiger partial charge in [-0.15, -0.1) is 12.4 Å². The van der Waals surface area contributed by atoms with Gasteiger partial charge in [0.1, 0.15) is 17.4 Å². The summed E-state index contributed by atoms with van der Waals surface area (Å²) in [5.74, 6) is -2.64. The fourth-order valence-corrected chi connectivity index (χ4v) is 5.54. The van der Waals surface area contributed by atoms with E-state index in [9.17, 15) is 19.5 Å². The van der Waals surface area contributed by atoms with Gasteiger partial charge in [-0.2, -0.15) is 0 Å². The number of carboxylic acids is 1. The topological polar surface area (TPSA) is 151 Å². The number of aromatic nitrogens is 2. The summed E-state index contributed by atoms with van der Waals surface area (Å²) in [5, 5.41) is 20.4. The number of nitrogens with two attached hydrogens (primary N) is 1. The summed E-state index contributed by atoms with van der Waals surface area (Å²) in [7, 11) is 1.71. The molecule has 9 nitrogen and oxygen atoms in total. The Labute approximate surface area is 226 Å². The number of nitrogen functional groups attached to an aromatic ring is 1. The Morgan fingerprint density at radius 2 is 1.84 bits per heavy atom. The van der Waals surface area contributed by atoms with E-state index in [0.717, 1.165) is 49.7 Å². The number of carboxylic acid groups (broad SMARTS) is 1. The second kappa shape index (κ2) is 10.6. The maximum Gasteiger partial charge on any atom is 0.316 e. The molecule has 2 saturated carbocycles. The van der Waals surface area contributed by atoms with Gasteiger partial charge in [-0.3, -0.25) is 19.8 Å². The van der Waals surface area contributed by atoms with E-state index in [2.05, 4.69) is 10.3 Å². The molecule has 2 aromatic carbocycles. The lowest BCUT2D eigenvalue weighted by Gasteiger charge is -2.24. The molecule has 1 aromatic heterocycles. The maximum absolute atomic E-state index is 13.1. The molecule has 0 radical (unpaired) electrons. The summed E-state index contributed by atoms with van der Waals surface area (Å²) in [6.07, 6.45) is 5.24. The fourth-order valence-electron chi connectivity index (χ4n) is 5.54. The fraction of sp³-hybridized carbons (Fsp3) is 0.393. The van der Waals surface area contributed by atoms with Gasteiger partial charge in [0.05, 0.1) is 16.6 Å². The first-order valence-corrected chi connectivity index (χ1v) is 12.7. The molecule has 38 heavy (non-hydrogen) atoms. The van der Waals surface area contributed by atoms with E-state index >= 15 is 0 Å². The van der Waals surface area contributed by atoms with E-state index in [4.69, 9.17) is 11.1 Å². The number of aliphatic carboxylic acids is 1. The van der Waals surface area contributed by atoms with Crippen molar-refractivity contribution in [2.24, 2.45) is 24.6 Å². The average molecular weight is 538 g/mol. The molecule has 10 heteroatoms. The predicted molar refractivity (Wildman–Crippen MR) is 147 cm³/mol. The van der Waals surface area contributed by atoms with Gasteiger partial charge >= 0.3 is 5.97 Å². The van der Waals surface area contributed by atoms with Crippen LogP contribution in [0.25, 0.3) is 11.0 Å². The van der Waals surface area contributed by atoms with E-state index < -0.39 is 23.3 Å². The molecule has 5 rings (SSSR count). The van der Waals surface area contributed by atoms with Crippen molar-refractivity contribution in [3.05, 3.63) is 75.2 Å².